The number of amides is 1. The Morgan fingerprint density at radius 3 is 2.39 bits per heavy atom. The molecule has 2 aromatic carbocycles. The number of aromatic nitrogens is 2. The van der Waals surface area contributed by atoms with E-state index >= 15 is 0 Å². The number of nitrogens with zero attached hydrogens (tertiary/aromatic N) is 2. The molecule has 0 spiro atoms. The molecule has 0 unspecified atom stereocenters. The van der Waals surface area contributed by atoms with Crippen LogP contribution < -0.4 is 10.1 Å². The number of halogens is 3. The van der Waals surface area contributed by atoms with Gasteiger partial charge >= 0.3 is 12.5 Å². The third kappa shape index (κ3) is 4.20. The van der Waals surface area contributed by atoms with Crippen LogP contribution in [0.4, 0.5) is 18.0 Å². The third-order valence-electron chi connectivity index (χ3n) is 3.91. The summed E-state index contributed by atoms with van der Waals surface area (Å²) in [7, 11) is 0. The molecular weight excluding hydrogens is 375 g/mol. The minimum absolute atomic E-state index is 0.00543. The van der Waals surface area contributed by atoms with Crippen LogP contribution in [0.15, 0.2) is 49.3 Å². The second kappa shape index (κ2) is 7.55. The Kier molecular flexibility index (Phi) is 5.16. The average Bonchev–Trinajstić information content (AvgIpc) is 2.64. The lowest BCUT2D eigenvalue weighted by Crippen LogP contribution is -2.20. The van der Waals surface area contributed by atoms with Gasteiger partial charge in [-0.2, -0.15) is 0 Å². The third-order valence-corrected chi connectivity index (χ3v) is 3.91. The predicted octanol–water partition coefficient (Wildman–Crippen LogP) is 4.61. The van der Waals surface area contributed by atoms with Crippen LogP contribution in [0.1, 0.15) is 11.1 Å². The van der Waals surface area contributed by atoms with Crippen LogP contribution in [-0.2, 0) is 6.54 Å². The highest BCUT2D eigenvalue weighted by molar-refractivity contribution is 5.97. The number of fused-ring (bicyclic) bond motifs is 1. The molecule has 1 heterocycles. The number of benzene rings is 2. The van der Waals surface area contributed by atoms with Gasteiger partial charge in [-0.15, -0.1) is 13.2 Å². The summed E-state index contributed by atoms with van der Waals surface area (Å²) in [4.78, 5) is 19.5. The van der Waals surface area contributed by atoms with E-state index in [0.717, 1.165) is 0 Å². The summed E-state index contributed by atoms with van der Waals surface area (Å²) in [6.07, 6.45) is -1.42. The Morgan fingerprint density at radius 1 is 1.18 bits per heavy atom. The summed E-state index contributed by atoms with van der Waals surface area (Å²) >= 11 is 0. The van der Waals surface area contributed by atoms with Crippen molar-refractivity contribution in [1.29, 1.82) is 0 Å². The SMILES string of the molecule is C=Cc1c(CNC(=O)O)cc(-c2ccc(OC(F)(F)F)cc2)c2nccnc12. The van der Waals surface area contributed by atoms with E-state index in [2.05, 4.69) is 26.6 Å². The summed E-state index contributed by atoms with van der Waals surface area (Å²) < 4.78 is 41.0. The molecule has 6 nitrogen and oxygen atoms in total. The second-order valence-corrected chi connectivity index (χ2v) is 5.69. The first-order valence-corrected chi connectivity index (χ1v) is 8.00. The zero-order chi connectivity index (χ0) is 20.3. The first kappa shape index (κ1) is 19.2. The molecule has 0 saturated heterocycles. The zero-order valence-corrected chi connectivity index (χ0v) is 14.3. The van der Waals surface area contributed by atoms with Crippen LogP contribution in [-0.4, -0.2) is 27.5 Å². The number of alkyl halides is 3. The van der Waals surface area contributed by atoms with Gasteiger partial charge in [0.1, 0.15) is 5.75 Å². The zero-order valence-electron chi connectivity index (χ0n) is 14.3. The van der Waals surface area contributed by atoms with Crippen molar-refractivity contribution in [3.8, 4) is 16.9 Å². The Balaban J connectivity index is 2.12. The van der Waals surface area contributed by atoms with Gasteiger partial charge < -0.3 is 15.2 Å². The molecule has 1 amide bonds. The fourth-order valence-corrected chi connectivity index (χ4v) is 2.81. The van der Waals surface area contributed by atoms with E-state index in [-0.39, 0.29) is 12.3 Å². The van der Waals surface area contributed by atoms with Crippen molar-refractivity contribution < 1.29 is 27.8 Å². The summed E-state index contributed by atoms with van der Waals surface area (Å²) in [5, 5.41) is 11.2. The first-order chi connectivity index (χ1) is 13.3. The fourth-order valence-electron chi connectivity index (χ4n) is 2.81. The van der Waals surface area contributed by atoms with Crippen LogP contribution in [0.2, 0.25) is 0 Å². The van der Waals surface area contributed by atoms with Crippen molar-refractivity contribution >= 4 is 23.2 Å². The molecule has 0 aliphatic carbocycles. The van der Waals surface area contributed by atoms with Gasteiger partial charge in [0.2, 0.25) is 0 Å². The number of rotatable bonds is 5. The van der Waals surface area contributed by atoms with Gasteiger partial charge in [-0.1, -0.05) is 24.8 Å². The highest BCUT2D eigenvalue weighted by atomic mass is 19.4. The lowest BCUT2D eigenvalue weighted by molar-refractivity contribution is -0.274. The van der Waals surface area contributed by atoms with Gasteiger partial charge in [0.05, 0.1) is 11.0 Å². The smallest absolute Gasteiger partial charge is 0.465 e. The maximum atomic E-state index is 12.4. The molecule has 144 valence electrons. The van der Waals surface area contributed by atoms with Crippen LogP contribution in [0.3, 0.4) is 0 Å². The molecule has 3 rings (SSSR count). The normalized spacial score (nSPS) is 11.2. The lowest BCUT2D eigenvalue weighted by Gasteiger charge is -2.14. The molecule has 28 heavy (non-hydrogen) atoms. The molecule has 0 atom stereocenters. The number of carboxylic acid groups (broad SMARTS) is 1. The molecule has 0 radical (unpaired) electrons. The Morgan fingerprint density at radius 2 is 1.82 bits per heavy atom. The number of nitrogens with one attached hydrogen (secondary N) is 1. The number of hydrogen-bond donors (Lipinski definition) is 2. The van der Waals surface area contributed by atoms with Crippen molar-refractivity contribution in [3.05, 3.63) is 60.4 Å². The first-order valence-electron chi connectivity index (χ1n) is 8.00. The number of ether oxygens (including phenoxy) is 1. The van der Waals surface area contributed by atoms with E-state index in [0.29, 0.717) is 33.3 Å². The summed E-state index contributed by atoms with van der Waals surface area (Å²) in [5.74, 6) is -0.345. The summed E-state index contributed by atoms with van der Waals surface area (Å²) in [6.45, 7) is 3.76. The van der Waals surface area contributed by atoms with Gasteiger partial charge in [-0.25, -0.2) is 4.79 Å². The van der Waals surface area contributed by atoms with Gasteiger partial charge in [-0.05, 0) is 29.3 Å². The van der Waals surface area contributed by atoms with Crippen LogP contribution in [0, 0.1) is 0 Å². The molecule has 0 aliphatic rings. The largest absolute Gasteiger partial charge is 0.573 e. The van der Waals surface area contributed by atoms with E-state index in [4.69, 9.17) is 5.11 Å². The molecular formula is C19H14F3N3O3. The fraction of sp³-hybridized carbons (Fsp3) is 0.105. The van der Waals surface area contributed by atoms with Crippen molar-refractivity contribution in [2.45, 2.75) is 12.9 Å². The van der Waals surface area contributed by atoms with E-state index in [1.165, 1.54) is 36.7 Å². The molecule has 0 saturated carbocycles. The molecule has 0 bridgehead atoms. The molecule has 9 heteroatoms. The van der Waals surface area contributed by atoms with Gasteiger partial charge in [0.15, 0.2) is 0 Å². The number of hydrogen-bond acceptors (Lipinski definition) is 4. The maximum absolute atomic E-state index is 12.4. The molecule has 2 N–H and O–H groups in total. The van der Waals surface area contributed by atoms with Crippen molar-refractivity contribution in [2.75, 3.05) is 0 Å². The quantitative estimate of drug-likeness (QED) is 0.666. The van der Waals surface area contributed by atoms with Gasteiger partial charge in [-0.3, -0.25) is 9.97 Å². The van der Waals surface area contributed by atoms with Crippen molar-refractivity contribution in [1.82, 2.24) is 15.3 Å². The Bertz CT molecular complexity index is 1030. The topological polar surface area (TPSA) is 84.3 Å². The van der Waals surface area contributed by atoms with Crippen molar-refractivity contribution in [3.63, 3.8) is 0 Å². The van der Waals surface area contributed by atoms with Gasteiger partial charge in [0, 0.05) is 30.1 Å². The minimum atomic E-state index is -4.78. The minimum Gasteiger partial charge on any atom is -0.465 e. The molecule has 0 fully saturated rings. The standard InChI is InChI=1S/C19H14F3N3O3/c1-2-14-12(10-25-18(26)27)9-15(17-16(14)23-7-8-24-17)11-3-5-13(6-4-11)28-19(20,21)22/h2-9,25H,1,10H2,(H,26,27). The molecule has 1 aromatic heterocycles. The highest BCUT2D eigenvalue weighted by Gasteiger charge is 2.31. The van der Waals surface area contributed by atoms with E-state index in [9.17, 15) is 18.0 Å². The monoisotopic (exact) mass is 389 g/mol. The summed E-state index contributed by atoms with van der Waals surface area (Å²) in [6, 6.07) is 7.03. The Hall–Kier alpha value is -3.62. The lowest BCUT2D eigenvalue weighted by atomic mass is 9.96. The highest BCUT2D eigenvalue weighted by Crippen LogP contribution is 2.33. The number of carbonyl (C=O) groups is 1. The Labute approximate surface area is 157 Å². The van der Waals surface area contributed by atoms with E-state index < -0.39 is 12.5 Å². The van der Waals surface area contributed by atoms with Gasteiger partial charge in [0.25, 0.3) is 0 Å². The predicted molar refractivity (Wildman–Crippen MR) is 96.6 cm³/mol. The van der Waals surface area contributed by atoms with E-state index in [1.54, 1.807) is 12.1 Å². The molecule has 0 aliphatic heterocycles. The van der Waals surface area contributed by atoms with Crippen LogP contribution in [0.5, 0.6) is 5.75 Å². The van der Waals surface area contributed by atoms with E-state index in [1.807, 2.05) is 0 Å². The maximum Gasteiger partial charge on any atom is 0.573 e. The summed E-state index contributed by atoms with van der Waals surface area (Å²) in [5.41, 5.74) is 3.42. The molecule has 3 aromatic rings. The van der Waals surface area contributed by atoms with Crippen LogP contribution in [0.25, 0.3) is 28.2 Å². The second-order valence-electron chi connectivity index (χ2n) is 5.69. The van der Waals surface area contributed by atoms with Crippen LogP contribution >= 0.6 is 0 Å². The van der Waals surface area contributed by atoms with Crippen molar-refractivity contribution in [2.24, 2.45) is 0 Å². The average molecular weight is 389 g/mol.